The van der Waals surface area contributed by atoms with Gasteiger partial charge in [-0.25, -0.2) is 12.8 Å². The molecule has 0 aliphatic carbocycles. The molecule has 0 saturated heterocycles. The predicted molar refractivity (Wildman–Crippen MR) is 158 cm³/mol. The number of carbonyl (C=O) groups is 2. The number of ether oxygens (including phenoxy) is 1. The van der Waals surface area contributed by atoms with E-state index in [0.29, 0.717) is 11.3 Å². The number of nitrogens with one attached hydrogen (secondary N) is 1. The van der Waals surface area contributed by atoms with Crippen molar-refractivity contribution in [1.82, 2.24) is 10.2 Å². The van der Waals surface area contributed by atoms with Gasteiger partial charge in [0.15, 0.2) is 0 Å². The molecule has 0 aliphatic heterocycles. The molecule has 1 N–H and O–H groups in total. The molecular formula is C31H38FN3O5S. The van der Waals surface area contributed by atoms with E-state index in [2.05, 4.69) is 5.32 Å². The highest BCUT2D eigenvalue weighted by Crippen LogP contribution is 2.33. The van der Waals surface area contributed by atoms with Gasteiger partial charge in [-0.2, -0.15) is 0 Å². The fourth-order valence-corrected chi connectivity index (χ4v) is 5.56. The van der Waals surface area contributed by atoms with Gasteiger partial charge in [-0.15, -0.1) is 0 Å². The van der Waals surface area contributed by atoms with Crippen LogP contribution in [-0.2, 0) is 26.2 Å². The lowest BCUT2D eigenvalue weighted by atomic mass is 10.1. The van der Waals surface area contributed by atoms with Gasteiger partial charge < -0.3 is 15.0 Å². The summed E-state index contributed by atoms with van der Waals surface area (Å²) in [7, 11) is -4.24. The number of hydrogen-bond acceptors (Lipinski definition) is 5. The lowest BCUT2D eigenvalue weighted by Gasteiger charge is -2.33. The zero-order valence-electron chi connectivity index (χ0n) is 24.3. The molecule has 0 spiro atoms. The molecule has 3 aromatic rings. The molecule has 220 valence electrons. The molecule has 0 aromatic heterocycles. The van der Waals surface area contributed by atoms with Crippen LogP contribution in [0.15, 0.2) is 77.7 Å². The van der Waals surface area contributed by atoms with Crippen molar-refractivity contribution in [2.24, 2.45) is 0 Å². The first kappa shape index (κ1) is 31.6. The van der Waals surface area contributed by atoms with Crippen molar-refractivity contribution in [2.75, 3.05) is 17.5 Å². The summed E-state index contributed by atoms with van der Waals surface area (Å²) < 4.78 is 48.4. The highest BCUT2D eigenvalue weighted by Gasteiger charge is 2.34. The van der Waals surface area contributed by atoms with Crippen LogP contribution < -0.4 is 14.4 Å². The quantitative estimate of drug-likeness (QED) is 0.341. The Labute approximate surface area is 242 Å². The standard InChI is InChI=1S/C31H38FN3O5S/c1-7-40-28-11-9-8-10-27(28)35(41(38,39)26-18-12-22(2)13-19-26)21-29(36)34(20-24-14-16-25(32)17-15-24)23(3)30(37)33-31(4,5)6/h8-19,23H,7,20-21H2,1-6H3,(H,33,37). The van der Waals surface area contributed by atoms with E-state index in [1.54, 1.807) is 50.2 Å². The monoisotopic (exact) mass is 583 g/mol. The Morgan fingerprint density at radius 3 is 2.17 bits per heavy atom. The zero-order valence-corrected chi connectivity index (χ0v) is 25.2. The Bertz CT molecular complexity index is 1450. The molecule has 3 rings (SSSR count). The van der Waals surface area contributed by atoms with E-state index >= 15 is 0 Å². The summed E-state index contributed by atoms with van der Waals surface area (Å²) >= 11 is 0. The topological polar surface area (TPSA) is 96.0 Å². The van der Waals surface area contributed by atoms with Crippen LogP contribution in [0.1, 0.15) is 45.7 Å². The van der Waals surface area contributed by atoms with Gasteiger partial charge in [-0.05, 0) is 83.5 Å². The number of anilines is 1. The fourth-order valence-electron chi connectivity index (χ4n) is 4.13. The third kappa shape index (κ3) is 8.29. The Kier molecular flexibility index (Phi) is 10.1. The molecule has 0 aliphatic rings. The van der Waals surface area contributed by atoms with Crippen molar-refractivity contribution in [1.29, 1.82) is 0 Å². The highest BCUT2D eigenvalue weighted by atomic mass is 32.2. The number of nitrogens with zero attached hydrogens (tertiary/aromatic N) is 2. The average Bonchev–Trinajstić information content (AvgIpc) is 2.91. The second-order valence-corrected chi connectivity index (χ2v) is 12.7. The van der Waals surface area contributed by atoms with Crippen LogP contribution >= 0.6 is 0 Å². The summed E-state index contributed by atoms with van der Waals surface area (Å²) in [6.07, 6.45) is 0. The van der Waals surface area contributed by atoms with Crippen molar-refractivity contribution in [2.45, 2.75) is 64.6 Å². The number of hydrogen-bond donors (Lipinski definition) is 1. The number of rotatable bonds is 11. The van der Waals surface area contributed by atoms with Gasteiger partial charge in [0.05, 0.1) is 17.2 Å². The van der Waals surface area contributed by atoms with Crippen molar-refractivity contribution < 1.29 is 27.1 Å². The zero-order chi connectivity index (χ0) is 30.4. The molecular weight excluding hydrogens is 545 g/mol. The summed E-state index contributed by atoms with van der Waals surface area (Å²) in [6, 6.07) is 17.5. The van der Waals surface area contributed by atoms with Gasteiger partial charge in [0.1, 0.15) is 24.2 Å². The Morgan fingerprint density at radius 1 is 0.976 bits per heavy atom. The molecule has 8 nitrogen and oxygen atoms in total. The number of aryl methyl sites for hydroxylation is 1. The van der Waals surface area contributed by atoms with E-state index in [0.717, 1.165) is 9.87 Å². The van der Waals surface area contributed by atoms with Crippen LogP contribution in [0.25, 0.3) is 0 Å². The van der Waals surface area contributed by atoms with E-state index in [9.17, 15) is 22.4 Å². The van der Waals surface area contributed by atoms with Gasteiger partial charge >= 0.3 is 0 Å². The normalized spacial score (nSPS) is 12.4. The van der Waals surface area contributed by atoms with Crippen molar-refractivity contribution in [3.8, 4) is 5.75 Å². The van der Waals surface area contributed by atoms with E-state index in [1.165, 1.54) is 41.3 Å². The van der Waals surface area contributed by atoms with E-state index in [4.69, 9.17) is 4.74 Å². The second kappa shape index (κ2) is 13.2. The summed E-state index contributed by atoms with van der Waals surface area (Å²) in [6.45, 7) is 10.3. The minimum Gasteiger partial charge on any atom is -0.492 e. The van der Waals surface area contributed by atoms with Gasteiger partial charge in [0.25, 0.3) is 10.0 Å². The Hall–Kier alpha value is -3.92. The molecule has 3 aromatic carbocycles. The molecule has 0 bridgehead atoms. The molecule has 0 heterocycles. The fraction of sp³-hybridized carbons (Fsp3) is 0.355. The molecule has 41 heavy (non-hydrogen) atoms. The SMILES string of the molecule is CCOc1ccccc1N(CC(=O)N(Cc1ccc(F)cc1)C(C)C(=O)NC(C)(C)C)S(=O)(=O)c1ccc(C)cc1. The number of halogens is 1. The van der Waals surface area contributed by atoms with Crippen LogP contribution in [0.4, 0.5) is 10.1 Å². The summed E-state index contributed by atoms with van der Waals surface area (Å²) in [5.74, 6) is -1.17. The van der Waals surface area contributed by atoms with Crippen molar-refractivity contribution in [3.05, 3.63) is 89.7 Å². The van der Waals surface area contributed by atoms with Crippen molar-refractivity contribution >= 4 is 27.5 Å². The largest absolute Gasteiger partial charge is 0.492 e. The number of benzene rings is 3. The third-order valence-corrected chi connectivity index (χ3v) is 8.03. The first-order valence-corrected chi connectivity index (χ1v) is 14.8. The van der Waals surface area contributed by atoms with Crippen molar-refractivity contribution in [3.63, 3.8) is 0 Å². The van der Waals surface area contributed by atoms with E-state index < -0.39 is 45.8 Å². The highest BCUT2D eigenvalue weighted by molar-refractivity contribution is 7.92. The molecule has 0 radical (unpaired) electrons. The Morgan fingerprint density at radius 2 is 1.59 bits per heavy atom. The maximum Gasteiger partial charge on any atom is 0.264 e. The van der Waals surface area contributed by atoms with Gasteiger partial charge in [-0.1, -0.05) is 42.0 Å². The first-order chi connectivity index (χ1) is 19.2. The summed E-state index contributed by atoms with van der Waals surface area (Å²) in [4.78, 5) is 28.5. The van der Waals surface area contributed by atoms with E-state index in [-0.39, 0.29) is 23.7 Å². The second-order valence-electron chi connectivity index (χ2n) is 10.8. The summed E-state index contributed by atoms with van der Waals surface area (Å²) in [5, 5.41) is 2.88. The maximum atomic E-state index is 14.0. The number of carbonyl (C=O) groups excluding carboxylic acids is 2. The third-order valence-electron chi connectivity index (χ3n) is 6.25. The van der Waals surface area contributed by atoms with Crippen LogP contribution in [0.2, 0.25) is 0 Å². The molecule has 0 saturated carbocycles. The van der Waals surface area contributed by atoms with E-state index in [1.807, 2.05) is 27.7 Å². The van der Waals surface area contributed by atoms with Crippen LogP contribution in [-0.4, -0.2) is 49.9 Å². The van der Waals surface area contributed by atoms with Crippen LogP contribution in [0, 0.1) is 12.7 Å². The minimum absolute atomic E-state index is 0.00538. The van der Waals surface area contributed by atoms with Gasteiger partial charge in [0, 0.05) is 12.1 Å². The smallest absolute Gasteiger partial charge is 0.264 e. The molecule has 10 heteroatoms. The maximum absolute atomic E-state index is 14.0. The first-order valence-electron chi connectivity index (χ1n) is 13.4. The average molecular weight is 584 g/mol. The molecule has 2 amide bonds. The summed E-state index contributed by atoms with van der Waals surface area (Å²) in [5.41, 5.74) is 1.09. The van der Waals surface area contributed by atoms with Gasteiger partial charge in [0.2, 0.25) is 11.8 Å². The van der Waals surface area contributed by atoms with Crippen LogP contribution in [0.5, 0.6) is 5.75 Å². The number of amides is 2. The minimum atomic E-state index is -4.24. The van der Waals surface area contributed by atoms with Crippen LogP contribution in [0.3, 0.4) is 0 Å². The molecule has 1 unspecified atom stereocenters. The molecule has 0 fully saturated rings. The van der Waals surface area contributed by atoms with Gasteiger partial charge in [-0.3, -0.25) is 13.9 Å². The molecule has 1 atom stereocenters. The Balaban J connectivity index is 2.08. The lowest BCUT2D eigenvalue weighted by molar-refractivity contribution is -0.140. The predicted octanol–water partition coefficient (Wildman–Crippen LogP) is 5.06. The number of para-hydroxylation sites is 2. The number of sulfonamides is 1. The lowest BCUT2D eigenvalue weighted by Crippen LogP contribution is -2.54.